The molecule has 1 heterocycles. The van der Waals surface area contributed by atoms with Gasteiger partial charge >= 0.3 is 0 Å². The second-order valence-corrected chi connectivity index (χ2v) is 3.64. The largest absolute Gasteiger partial charge is 0.377 e. The highest BCUT2D eigenvalue weighted by atomic mass is 16.6. The van der Waals surface area contributed by atoms with Crippen LogP contribution in [0, 0.1) is 0 Å². The smallest absolute Gasteiger partial charge is 0.0936 e. The molecular weight excluding hydrogens is 154 g/mol. The number of hydrogen-bond donors (Lipinski definition) is 0. The first-order valence-corrected chi connectivity index (χ1v) is 4.60. The maximum Gasteiger partial charge on any atom is 0.0936 e. The summed E-state index contributed by atoms with van der Waals surface area (Å²) in [6.45, 7) is 7.92. The highest BCUT2D eigenvalue weighted by Crippen LogP contribution is 2.09. The molecule has 1 unspecified atom stereocenters. The summed E-state index contributed by atoms with van der Waals surface area (Å²) in [6.07, 6.45) is 0.838. The topological polar surface area (TPSA) is 25.0 Å². The van der Waals surface area contributed by atoms with Gasteiger partial charge in [0.15, 0.2) is 0 Å². The van der Waals surface area contributed by atoms with Crippen molar-refractivity contribution in [1.82, 2.24) is 4.90 Å². The van der Waals surface area contributed by atoms with Gasteiger partial charge in [-0.05, 0) is 20.9 Å². The maximum atomic E-state index is 5.43. The van der Waals surface area contributed by atoms with Gasteiger partial charge in [0.05, 0.1) is 25.4 Å². The van der Waals surface area contributed by atoms with Gasteiger partial charge < -0.3 is 14.4 Å². The van der Waals surface area contributed by atoms with E-state index in [1.807, 2.05) is 0 Å². The fourth-order valence-electron chi connectivity index (χ4n) is 1.06. The molecule has 0 aromatic rings. The Kier molecular flexibility index (Phi) is 3.98. The molecule has 0 aromatic carbocycles. The van der Waals surface area contributed by atoms with E-state index in [0.29, 0.717) is 12.2 Å². The molecule has 72 valence electrons. The van der Waals surface area contributed by atoms with Crippen LogP contribution in [0.4, 0.5) is 0 Å². The zero-order chi connectivity index (χ0) is 8.97. The molecule has 3 nitrogen and oxygen atoms in total. The zero-order valence-electron chi connectivity index (χ0n) is 8.25. The van der Waals surface area contributed by atoms with Gasteiger partial charge in [-0.1, -0.05) is 0 Å². The van der Waals surface area contributed by atoms with E-state index in [2.05, 4.69) is 25.8 Å². The molecule has 0 N–H and O–H groups in total. The number of rotatable bonds is 6. The molecule has 0 saturated carbocycles. The van der Waals surface area contributed by atoms with Crippen LogP contribution in [0.2, 0.25) is 0 Å². The van der Waals surface area contributed by atoms with E-state index >= 15 is 0 Å². The van der Waals surface area contributed by atoms with Crippen LogP contribution < -0.4 is 0 Å². The third-order valence-corrected chi connectivity index (χ3v) is 1.84. The minimum absolute atomic E-state index is 0.343. The van der Waals surface area contributed by atoms with Crippen molar-refractivity contribution in [3.05, 3.63) is 0 Å². The predicted molar refractivity (Wildman–Crippen MR) is 48.3 cm³/mol. The van der Waals surface area contributed by atoms with Gasteiger partial charge in [-0.2, -0.15) is 0 Å². The Balaban J connectivity index is 1.90. The van der Waals surface area contributed by atoms with Crippen LogP contribution in [-0.2, 0) is 9.47 Å². The van der Waals surface area contributed by atoms with Crippen LogP contribution >= 0.6 is 0 Å². The molecular formula is C9H19NO2. The van der Waals surface area contributed by atoms with Crippen molar-refractivity contribution in [1.29, 1.82) is 0 Å². The minimum atomic E-state index is 0.343. The van der Waals surface area contributed by atoms with Crippen LogP contribution in [0.1, 0.15) is 13.8 Å². The van der Waals surface area contributed by atoms with E-state index in [1.54, 1.807) is 0 Å². The number of hydrogen-bond acceptors (Lipinski definition) is 3. The second-order valence-electron chi connectivity index (χ2n) is 3.64. The molecule has 1 aliphatic rings. The zero-order valence-corrected chi connectivity index (χ0v) is 8.25. The van der Waals surface area contributed by atoms with E-state index in [4.69, 9.17) is 9.47 Å². The quantitative estimate of drug-likeness (QED) is 0.554. The highest BCUT2D eigenvalue weighted by molar-refractivity contribution is 4.72. The standard InChI is InChI=1S/C9H19NO2/c1-8(2)11-5-4-10(3)6-9-7-12-9/h8-9H,4-7H2,1-3H3. The summed E-state index contributed by atoms with van der Waals surface area (Å²) < 4.78 is 10.6. The highest BCUT2D eigenvalue weighted by Gasteiger charge is 2.23. The van der Waals surface area contributed by atoms with Gasteiger partial charge in [0.2, 0.25) is 0 Å². The predicted octanol–water partition coefficient (Wildman–Crippen LogP) is 0.742. The lowest BCUT2D eigenvalue weighted by molar-refractivity contribution is 0.0628. The first kappa shape index (κ1) is 9.96. The Hall–Kier alpha value is -0.120. The van der Waals surface area contributed by atoms with E-state index in [1.165, 1.54) is 0 Å². The summed E-state index contributed by atoms with van der Waals surface area (Å²) in [6, 6.07) is 0. The minimum Gasteiger partial charge on any atom is -0.377 e. The van der Waals surface area contributed by atoms with Gasteiger partial charge in [0.1, 0.15) is 0 Å². The van der Waals surface area contributed by atoms with Gasteiger partial charge in [0, 0.05) is 13.1 Å². The Bertz CT molecular complexity index is 124. The van der Waals surface area contributed by atoms with E-state index in [-0.39, 0.29) is 0 Å². The fourth-order valence-corrected chi connectivity index (χ4v) is 1.06. The lowest BCUT2D eigenvalue weighted by Gasteiger charge is -2.16. The number of nitrogens with zero attached hydrogens (tertiary/aromatic N) is 1. The number of ether oxygens (including phenoxy) is 2. The first-order valence-electron chi connectivity index (χ1n) is 4.60. The third kappa shape index (κ3) is 4.70. The van der Waals surface area contributed by atoms with Crippen molar-refractivity contribution in [2.24, 2.45) is 0 Å². The summed E-state index contributed by atoms with van der Waals surface area (Å²) in [5.74, 6) is 0. The van der Waals surface area contributed by atoms with Gasteiger partial charge in [0.25, 0.3) is 0 Å². The molecule has 1 fully saturated rings. The average molecular weight is 173 g/mol. The average Bonchev–Trinajstić information content (AvgIpc) is 2.70. The van der Waals surface area contributed by atoms with Crippen LogP contribution in [0.15, 0.2) is 0 Å². The molecule has 0 spiro atoms. The van der Waals surface area contributed by atoms with Crippen molar-refractivity contribution < 1.29 is 9.47 Å². The molecule has 0 radical (unpaired) electrons. The Morgan fingerprint density at radius 1 is 1.58 bits per heavy atom. The Morgan fingerprint density at radius 3 is 2.75 bits per heavy atom. The SMILES string of the molecule is CC(C)OCCN(C)CC1CO1. The molecule has 1 aliphatic heterocycles. The van der Waals surface area contributed by atoms with Crippen molar-refractivity contribution in [3.8, 4) is 0 Å². The number of epoxide rings is 1. The number of likely N-dealkylation sites (N-methyl/N-ethyl adjacent to an activating group) is 1. The van der Waals surface area contributed by atoms with Crippen LogP contribution in [-0.4, -0.2) is 50.5 Å². The molecule has 3 heteroatoms. The summed E-state index contributed by atoms with van der Waals surface area (Å²) in [5, 5.41) is 0. The Labute approximate surface area is 74.6 Å². The van der Waals surface area contributed by atoms with E-state index in [0.717, 1.165) is 26.3 Å². The molecule has 0 aromatic heterocycles. The lowest BCUT2D eigenvalue weighted by Crippen LogP contribution is -2.27. The van der Waals surface area contributed by atoms with Gasteiger partial charge in [-0.15, -0.1) is 0 Å². The van der Waals surface area contributed by atoms with Gasteiger partial charge in [-0.25, -0.2) is 0 Å². The molecule has 12 heavy (non-hydrogen) atoms. The molecule has 1 atom stereocenters. The van der Waals surface area contributed by atoms with Crippen molar-refractivity contribution >= 4 is 0 Å². The van der Waals surface area contributed by atoms with Crippen LogP contribution in [0.5, 0.6) is 0 Å². The third-order valence-electron chi connectivity index (χ3n) is 1.84. The first-order chi connectivity index (χ1) is 5.68. The second kappa shape index (κ2) is 4.80. The summed E-state index contributed by atoms with van der Waals surface area (Å²) >= 11 is 0. The van der Waals surface area contributed by atoms with Crippen molar-refractivity contribution in [3.63, 3.8) is 0 Å². The molecule has 0 bridgehead atoms. The Morgan fingerprint density at radius 2 is 2.25 bits per heavy atom. The summed E-state index contributed by atoms with van der Waals surface area (Å²) in [4.78, 5) is 2.25. The van der Waals surface area contributed by atoms with Gasteiger partial charge in [-0.3, -0.25) is 0 Å². The fraction of sp³-hybridized carbons (Fsp3) is 1.00. The van der Waals surface area contributed by atoms with E-state index in [9.17, 15) is 0 Å². The summed E-state index contributed by atoms with van der Waals surface area (Å²) in [7, 11) is 2.10. The molecule has 1 saturated heterocycles. The maximum absolute atomic E-state index is 5.43. The normalized spacial score (nSPS) is 22.2. The molecule has 0 aliphatic carbocycles. The summed E-state index contributed by atoms with van der Waals surface area (Å²) in [5.41, 5.74) is 0. The lowest BCUT2D eigenvalue weighted by atomic mass is 10.4. The monoisotopic (exact) mass is 173 g/mol. The molecule has 1 rings (SSSR count). The van der Waals surface area contributed by atoms with Crippen molar-refractivity contribution in [2.45, 2.75) is 26.1 Å². The van der Waals surface area contributed by atoms with Crippen molar-refractivity contribution in [2.75, 3.05) is 33.4 Å². The molecule has 0 amide bonds. The van der Waals surface area contributed by atoms with Crippen LogP contribution in [0.25, 0.3) is 0 Å². The van der Waals surface area contributed by atoms with Crippen LogP contribution in [0.3, 0.4) is 0 Å². The van der Waals surface area contributed by atoms with E-state index < -0.39 is 0 Å².